The molecule has 16 heavy (non-hydrogen) atoms. The molecule has 1 aromatic rings. The van der Waals surface area contributed by atoms with Crippen LogP contribution in [0.4, 0.5) is 13.2 Å². The summed E-state index contributed by atoms with van der Waals surface area (Å²) in [4.78, 5) is 3.92. The molecular weight excluding hydrogens is 237 g/mol. The lowest BCUT2D eigenvalue weighted by Gasteiger charge is -2.11. The fraction of sp³-hybridized carbons (Fsp3) is 0.700. The van der Waals surface area contributed by atoms with Gasteiger partial charge in [0.25, 0.3) is 0 Å². The zero-order valence-electron chi connectivity index (χ0n) is 9.21. The van der Waals surface area contributed by atoms with Crippen molar-refractivity contribution in [3.05, 3.63) is 16.1 Å². The summed E-state index contributed by atoms with van der Waals surface area (Å²) in [7, 11) is 0. The molecule has 0 saturated carbocycles. The third-order valence-corrected chi connectivity index (χ3v) is 2.89. The van der Waals surface area contributed by atoms with Crippen LogP contribution in [0.25, 0.3) is 0 Å². The maximum atomic E-state index is 12.1. The molecule has 0 fully saturated rings. The average molecular weight is 252 g/mol. The number of halogens is 3. The van der Waals surface area contributed by atoms with Crippen molar-refractivity contribution in [3.63, 3.8) is 0 Å². The number of aromatic nitrogens is 1. The van der Waals surface area contributed by atoms with E-state index in [0.717, 1.165) is 17.8 Å². The van der Waals surface area contributed by atoms with Crippen LogP contribution >= 0.6 is 11.3 Å². The number of thiazole rings is 1. The second kappa shape index (κ2) is 5.14. The highest BCUT2D eigenvalue weighted by atomic mass is 32.1. The van der Waals surface area contributed by atoms with Gasteiger partial charge in [0.05, 0.1) is 12.1 Å². The molecule has 1 atom stereocenters. The van der Waals surface area contributed by atoms with E-state index in [9.17, 15) is 13.2 Å². The zero-order valence-corrected chi connectivity index (χ0v) is 10.0. The standard InChI is InChI=1S/C10H15F3N2S/c1-6(2)3-7(14)8-5-16-9(15-8)4-10(11,12)13/h5-7H,3-4,14H2,1-2H3. The molecule has 0 aliphatic carbocycles. The quantitative estimate of drug-likeness (QED) is 0.893. The van der Waals surface area contributed by atoms with Crippen LogP contribution < -0.4 is 5.73 Å². The average Bonchev–Trinajstić information content (AvgIpc) is 2.48. The van der Waals surface area contributed by atoms with Crippen molar-refractivity contribution in [2.24, 2.45) is 11.7 Å². The summed E-state index contributed by atoms with van der Waals surface area (Å²) in [5, 5.41) is 1.70. The van der Waals surface area contributed by atoms with Gasteiger partial charge in [-0.15, -0.1) is 11.3 Å². The number of rotatable bonds is 4. The molecule has 0 amide bonds. The molecule has 0 aliphatic rings. The molecule has 2 N–H and O–H groups in total. The van der Waals surface area contributed by atoms with Crippen LogP contribution in [-0.2, 0) is 6.42 Å². The second-order valence-corrected chi connectivity index (χ2v) is 5.14. The molecule has 1 aromatic heterocycles. The van der Waals surface area contributed by atoms with E-state index in [1.807, 2.05) is 13.8 Å². The largest absolute Gasteiger partial charge is 0.395 e. The molecule has 0 aromatic carbocycles. The van der Waals surface area contributed by atoms with Gasteiger partial charge in [0.15, 0.2) is 0 Å². The van der Waals surface area contributed by atoms with Crippen LogP contribution in [0, 0.1) is 5.92 Å². The van der Waals surface area contributed by atoms with Gasteiger partial charge in [0.1, 0.15) is 5.01 Å². The van der Waals surface area contributed by atoms with Gasteiger partial charge in [-0.3, -0.25) is 0 Å². The molecule has 0 aliphatic heterocycles. The lowest BCUT2D eigenvalue weighted by Crippen LogP contribution is -2.14. The number of nitrogens with zero attached hydrogens (tertiary/aromatic N) is 1. The molecule has 92 valence electrons. The highest BCUT2D eigenvalue weighted by molar-refractivity contribution is 7.09. The Kier molecular flexibility index (Phi) is 4.32. The Morgan fingerprint density at radius 3 is 2.56 bits per heavy atom. The van der Waals surface area contributed by atoms with E-state index in [1.165, 1.54) is 0 Å². The minimum Gasteiger partial charge on any atom is -0.323 e. The summed E-state index contributed by atoms with van der Waals surface area (Å²) in [6.07, 6.45) is -4.43. The molecule has 1 unspecified atom stereocenters. The molecule has 0 bridgehead atoms. The Morgan fingerprint density at radius 2 is 2.06 bits per heavy atom. The maximum Gasteiger partial charge on any atom is 0.395 e. The molecular formula is C10H15F3N2S. The van der Waals surface area contributed by atoms with Crippen molar-refractivity contribution in [3.8, 4) is 0 Å². The van der Waals surface area contributed by atoms with Crippen molar-refractivity contribution in [2.75, 3.05) is 0 Å². The van der Waals surface area contributed by atoms with E-state index >= 15 is 0 Å². The molecule has 1 heterocycles. The van der Waals surface area contributed by atoms with E-state index in [-0.39, 0.29) is 11.0 Å². The van der Waals surface area contributed by atoms with E-state index in [4.69, 9.17) is 5.73 Å². The number of hydrogen-bond donors (Lipinski definition) is 1. The molecule has 1 rings (SSSR count). The van der Waals surface area contributed by atoms with Crippen LogP contribution in [0.15, 0.2) is 5.38 Å². The molecule has 6 heteroatoms. The monoisotopic (exact) mass is 252 g/mol. The van der Waals surface area contributed by atoms with Crippen molar-refractivity contribution in [1.29, 1.82) is 0 Å². The van der Waals surface area contributed by atoms with Gasteiger partial charge >= 0.3 is 6.18 Å². The summed E-state index contributed by atoms with van der Waals surface area (Å²) >= 11 is 1.02. The Balaban J connectivity index is 2.64. The van der Waals surface area contributed by atoms with Gasteiger partial charge in [-0.25, -0.2) is 4.98 Å². The van der Waals surface area contributed by atoms with Crippen LogP contribution in [0.5, 0.6) is 0 Å². The van der Waals surface area contributed by atoms with Crippen LogP contribution in [0.3, 0.4) is 0 Å². The van der Waals surface area contributed by atoms with Gasteiger partial charge in [0.2, 0.25) is 0 Å². The Morgan fingerprint density at radius 1 is 1.44 bits per heavy atom. The second-order valence-electron chi connectivity index (χ2n) is 4.19. The first-order chi connectivity index (χ1) is 7.28. The summed E-state index contributed by atoms with van der Waals surface area (Å²) < 4.78 is 36.3. The normalized spacial score (nSPS) is 14.4. The van der Waals surface area contributed by atoms with E-state index < -0.39 is 12.6 Å². The summed E-state index contributed by atoms with van der Waals surface area (Å²) in [5.74, 6) is 0.405. The van der Waals surface area contributed by atoms with Gasteiger partial charge in [-0.2, -0.15) is 13.2 Å². The highest BCUT2D eigenvalue weighted by Gasteiger charge is 2.29. The van der Waals surface area contributed by atoms with Crippen molar-refractivity contribution in [2.45, 2.75) is 38.9 Å². The third-order valence-electron chi connectivity index (χ3n) is 2.03. The molecule has 0 spiro atoms. The number of hydrogen-bond acceptors (Lipinski definition) is 3. The SMILES string of the molecule is CC(C)CC(N)c1csc(CC(F)(F)F)n1. The van der Waals surface area contributed by atoms with Gasteiger partial charge in [0, 0.05) is 11.4 Å². The van der Waals surface area contributed by atoms with E-state index in [1.54, 1.807) is 5.38 Å². The molecule has 0 saturated heterocycles. The fourth-order valence-corrected chi connectivity index (χ4v) is 2.27. The number of alkyl halides is 3. The van der Waals surface area contributed by atoms with Crippen molar-refractivity contribution < 1.29 is 13.2 Å². The zero-order chi connectivity index (χ0) is 12.3. The lowest BCUT2D eigenvalue weighted by molar-refractivity contribution is -0.127. The van der Waals surface area contributed by atoms with Crippen molar-refractivity contribution in [1.82, 2.24) is 4.98 Å². The topological polar surface area (TPSA) is 38.9 Å². The minimum atomic E-state index is -4.20. The highest BCUT2D eigenvalue weighted by Crippen LogP contribution is 2.26. The minimum absolute atomic E-state index is 0.0849. The summed E-state index contributed by atoms with van der Waals surface area (Å²) in [6.45, 7) is 4.03. The Labute approximate surface area is 96.7 Å². The third kappa shape index (κ3) is 4.49. The van der Waals surface area contributed by atoms with Crippen LogP contribution in [0.1, 0.15) is 37.0 Å². The van der Waals surface area contributed by atoms with E-state index in [0.29, 0.717) is 11.6 Å². The van der Waals surface area contributed by atoms with Crippen LogP contribution in [-0.4, -0.2) is 11.2 Å². The lowest BCUT2D eigenvalue weighted by atomic mass is 10.0. The van der Waals surface area contributed by atoms with Gasteiger partial charge in [-0.1, -0.05) is 13.8 Å². The molecule has 0 radical (unpaired) electrons. The fourth-order valence-electron chi connectivity index (χ4n) is 1.38. The van der Waals surface area contributed by atoms with Crippen LogP contribution in [0.2, 0.25) is 0 Å². The first-order valence-electron chi connectivity index (χ1n) is 5.04. The summed E-state index contributed by atoms with van der Waals surface area (Å²) in [6, 6.07) is -0.266. The Hall–Kier alpha value is -0.620. The first kappa shape index (κ1) is 13.4. The van der Waals surface area contributed by atoms with Crippen molar-refractivity contribution >= 4 is 11.3 Å². The first-order valence-corrected chi connectivity index (χ1v) is 5.92. The summed E-state index contributed by atoms with van der Waals surface area (Å²) in [5.41, 5.74) is 6.40. The van der Waals surface area contributed by atoms with E-state index in [2.05, 4.69) is 4.98 Å². The van der Waals surface area contributed by atoms with Gasteiger partial charge in [-0.05, 0) is 12.3 Å². The Bertz CT molecular complexity index is 333. The predicted molar refractivity (Wildman–Crippen MR) is 58.3 cm³/mol. The predicted octanol–water partition coefficient (Wildman–Crippen LogP) is 3.29. The number of nitrogens with two attached hydrogens (primary N) is 1. The van der Waals surface area contributed by atoms with Gasteiger partial charge < -0.3 is 5.73 Å². The smallest absolute Gasteiger partial charge is 0.323 e. The molecule has 2 nitrogen and oxygen atoms in total. The maximum absolute atomic E-state index is 12.1.